The summed E-state index contributed by atoms with van der Waals surface area (Å²) in [6.45, 7) is 16.5. The molecule has 5 heterocycles. The van der Waals surface area contributed by atoms with Gasteiger partial charge in [-0.1, -0.05) is 24.0 Å². The number of aryl methyl sites for hydroxylation is 4. The number of allylic oxidation sites excluding steroid dienone is 2. The summed E-state index contributed by atoms with van der Waals surface area (Å²) in [6, 6.07) is 9.13. The minimum atomic E-state index is -1.18. The van der Waals surface area contributed by atoms with Crippen molar-refractivity contribution in [1.29, 1.82) is 0 Å². The maximum Gasteiger partial charge on any atom is 0.410 e. The van der Waals surface area contributed by atoms with Crippen molar-refractivity contribution in [3.05, 3.63) is 82.5 Å². The Morgan fingerprint density at radius 2 is 1.27 bits per heavy atom. The second-order valence-corrected chi connectivity index (χ2v) is 17.4. The van der Waals surface area contributed by atoms with Crippen molar-refractivity contribution in [2.24, 2.45) is 5.73 Å². The molecule has 4 aromatic heterocycles. The number of primary amides is 1. The van der Waals surface area contributed by atoms with E-state index >= 15 is 0 Å². The largest absolute Gasteiger partial charge is 0.494 e. The van der Waals surface area contributed by atoms with Crippen LogP contribution in [-0.4, -0.2) is 135 Å². The number of carboxylic acid groups (broad SMARTS) is 1. The molecule has 70 heavy (non-hydrogen) atoms. The van der Waals surface area contributed by atoms with Crippen LogP contribution in [0.2, 0.25) is 0 Å². The number of fused-ring (bicyclic) bond motifs is 2. The molecule has 6 aromatic rings. The first kappa shape index (κ1) is 49.7. The molecule has 1 aliphatic heterocycles. The van der Waals surface area contributed by atoms with Gasteiger partial charge in [-0.05, 0) is 84.9 Å². The third-order valence-electron chi connectivity index (χ3n) is 11.2. The van der Waals surface area contributed by atoms with Gasteiger partial charge in [0.15, 0.2) is 0 Å². The fourth-order valence-corrected chi connectivity index (χ4v) is 7.92. The summed E-state index contributed by atoms with van der Waals surface area (Å²) in [6.07, 6.45) is 3.26. The average Bonchev–Trinajstić information content (AvgIpc) is 4.08. The van der Waals surface area contributed by atoms with Crippen molar-refractivity contribution < 1.29 is 43.3 Å². The highest BCUT2D eigenvalue weighted by Crippen LogP contribution is 2.33. The summed E-state index contributed by atoms with van der Waals surface area (Å²) in [4.78, 5) is 78.0. The van der Waals surface area contributed by atoms with Crippen LogP contribution in [0, 0.1) is 25.7 Å². The van der Waals surface area contributed by atoms with Gasteiger partial charge < -0.3 is 39.1 Å². The number of aromatic nitrogens is 8. The van der Waals surface area contributed by atoms with E-state index in [0.717, 1.165) is 0 Å². The number of hydrogen-bond donors (Lipinski definition) is 4. The zero-order valence-corrected chi connectivity index (χ0v) is 40.5. The first-order valence-electron chi connectivity index (χ1n) is 22.7. The molecule has 1 fully saturated rings. The van der Waals surface area contributed by atoms with Gasteiger partial charge in [0.25, 0.3) is 11.8 Å². The van der Waals surface area contributed by atoms with Gasteiger partial charge in [-0.25, -0.2) is 19.6 Å². The summed E-state index contributed by atoms with van der Waals surface area (Å²) in [5.74, 6) is 4.02. The number of imidazole rings is 2. The maximum atomic E-state index is 13.9. The molecule has 0 spiro atoms. The molecule has 368 valence electrons. The number of anilines is 2. The van der Waals surface area contributed by atoms with Gasteiger partial charge in [-0.2, -0.15) is 10.2 Å². The summed E-state index contributed by atoms with van der Waals surface area (Å²) in [5.41, 5.74) is 8.61. The van der Waals surface area contributed by atoms with Crippen LogP contribution in [0.5, 0.6) is 11.5 Å². The van der Waals surface area contributed by atoms with E-state index in [9.17, 15) is 29.1 Å². The summed E-state index contributed by atoms with van der Waals surface area (Å²) < 4.78 is 24.0. The van der Waals surface area contributed by atoms with Crippen molar-refractivity contribution in [1.82, 2.24) is 48.5 Å². The number of piperazine rings is 1. The van der Waals surface area contributed by atoms with Crippen LogP contribution in [0.4, 0.5) is 16.7 Å². The molecule has 7 rings (SSSR count). The van der Waals surface area contributed by atoms with E-state index in [0.29, 0.717) is 85.1 Å². The van der Waals surface area contributed by atoms with E-state index < -0.39 is 29.3 Å². The molecule has 0 atom stereocenters. The van der Waals surface area contributed by atoms with Crippen LogP contribution >= 0.6 is 0 Å². The molecule has 4 amide bonds. The van der Waals surface area contributed by atoms with Crippen LogP contribution in [0.15, 0.2) is 48.6 Å². The van der Waals surface area contributed by atoms with E-state index in [-0.39, 0.29) is 65.8 Å². The van der Waals surface area contributed by atoms with Gasteiger partial charge >= 0.3 is 12.1 Å². The fraction of sp³-hybridized carbons (Fsp3) is 0.396. The van der Waals surface area contributed by atoms with Crippen LogP contribution in [0.3, 0.4) is 0 Å². The smallest absolute Gasteiger partial charge is 0.410 e. The van der Waals surface area contributed by atoms with Crippen molar-refractivity contribution in [3.63, 3.8) is 0 Å². The molecule has 2 aromatic carbocycles. The number of nitrogens with zero attached hydrogens (tertiary/aromatic N) is 10. The molecule has 0 unspecified atom stereocenters. The van der Waals surface area contributed by atoms with E-state index in [1.165, 1.54) is 31.4 Å². The normalized spacial score (nSPS) is 13.1. The molecule has 5 N–H and O–H groups in total. The second-order valence-electron chi connectivity index (χ2n) is 17.4. The molecule has 1 aliphatic rings. The van der Waals surface area contributed by atoms with Crippen molar-refractivity contribution >= 4 is 63.7 Å². The molecular weight excluding hydrogens is 903 g/mol. The van der Waals surface area contributed by atoms with E-state index in [1.807, 2.05) is 34.6 Å². The summed E-state index contributed by atoms with van der Waals surface area (Å²) in [5, 5.41) is 24.5. The first-order chi connectivity index (χ1) is 33.4. The minimum absolute atomic E-state index is 0.0560. The highest BCUT2D eigenvalue weighted by molar-refractivity contribution is 6.05. The summed E-state index contributed by atoms with van der Waals surface area (Å²) in [7, 11) is 1.41. The molecule has 22 heteroatoms. The number of rotatable bonds is 16. The van der Waals surface area contributed by atoms with Crippen LogP contribution in [0.1, 0.15) is 87.7 Å². The Hall–Kier alpha value is -8.19. The number of benzene rings is 2. The molecule has 0 radical (unpaired) electrons. The number of hydrogen-bond acceptors (Lipinski definition) is 13. The number of methoxy groups -OCH3 is 1. The van der Waals surface area contributed by atoms with E-state index in [4.69, 9.17) is 24.9 Å². The number of ether oxygens (including phenoxy) is 3. The van der Waals surface area contributed by atoms with Crippen LogP contribution in [0.25, 0.3) is 22.1 Å². The topological polar surface area (TPSA) is 261 Å². The standard InChI is InChI=1S/C48H57N13O9/c1-9-60-35(23-29(3)54-60)42(63)52-45-51-34-26-32(44(65)66)28-37(68-8)39(34)58(45)16-11-12-17-59-40-33(50-46(59)53-43(64)36-24-30(4)55-61(36)10-2)25-31(41(49)62)27-38(40)69-22-14-13-15-56-18-20-57(21-19-56)47(67)70-48(5,6)7/h11-12,23-28H,9-10,15-22H2,1-8H3,(H2,49,62)(H,65,66)(H,50,53,64)(H,51,52,63). The lowest BCUT2D eigenvalue weighted by molar-refractivity contribution is 0.0155. The monoisotopic (exact) mass is 959 g/mol. The Morgan fingerprint density at radius 3 is 1.76 bits per heavy atom. The molecule has 0 bridgehead atoms. The van der Waals surface area contributed by atoms with Gasteiger partial charge in [0.2, 0.25) is 17.8 Å². The third-order valence-corrected chi connectivity index (χ3v) is 11.2. The lowest BCUT2D eigenvalue weighted by Gasteiger charge is -2.34. The van der Waals surface area contributed by atoms with Crippen molar-refractivity contribution in [3.8, 4) is 23.3 Å². The molecule has 0 aliphatic carbocycles. The Labute approximate surface area is 403 Å². The lowest BCUT2D eigenvalue weighted by atomic mass is 10.1. The molecule has 0 saturated carbocycles. The number of carboxylic acids is 1. The Bertz CT molecular complexity index is 3080. The predicted octanol–water partition coefficient (Wildman–Crippen LogP) is 4.94. The zero-order valence-electron chi connectivity index (χ0n) is 40.5. The number of carbonyl (C=O) groups excluding carboxylic acids is 4. The highest BCUT2D eigenvalue weighted by atomic mass is 16.6. The van der Waals surface area contributed by atoms with Crippen LogP contribution in [-0.2, 0) is 30.9 Å². The van der Waals surface area contributed by atoms with Gasteiger partial charge in [-0.15, -0.1) is 0 Å². The maximum absolute atomic E-state index is 13.9. The number of nitrogens with two attached hydrogens (primary N) is 1. The number of carbonyl (C=O) groups is 5. The number of nitrogens with one attached hydrogen (secondary N) is 2. The zero-order chi connectivity index (χ0) is 50.4. The van der Waals surface area contributed by atoms with Gasteiger partial charge in [0.1, 0.15) is 46.1 Å². The second kappa shape index (κ2) is 21.0. The molecule has 1 saturated heterocycles. The third kappa shape index (κ3) is 11.2. The minimum Gasteiger partial charge on any atom is -0.494 e. The SMILES string of the molecule is CCn1nc(C)cc1C(=O)Nc1nc2cc(C(=O)O)cc(OC)c2n1CC=CCn1c(NC(=O)c2cc(C)nn2CC)nc2cc(C(N)=O)cc(OCC#CCN3CCN(C(=O)OC(C)(C)C)CC3)c21. The van der Waals surface area contributed by atoms with E-state index in [1.54, 1.807) is 61.5 Å². The Morgan fingerprint density at radius 1 is 0.757 bits per heavy atom. The predicted molar refractivity (Wildman–Crippen MR) is 259 cm³/mol. The summed E-state index contributed by atoms with van der Waals surface area (Å²) >= 11 is 0. The van der Waals surface area contributed by atoms with Gasteiger partial charge in [-0.3, -0.25) is 39.3 Å². The van der Waals surface area contributed by atoms with Crippen molar-refractivity contribution in [2.45, 2.75) is 80.2 Å². The fourth-order valence-electron chi connectivity index (χ4n) is 7.92. The number of aromatic carboxylic acids is 1. The van der Waals surface area contributed by atoms with Gasteiger partial charge in [0.05, 0.1) is 41.6 Å². The number of amides is 4. The first-order valence-corrected chi connectivity index (χ1v) is 22.7. The van der Waals surface area contributed by atoms with Gasteiger partial charge in [0, 0.05) is 57.9 Å². The highest BCUT2D eigenvalue weighted by Gasteiger charge is 2.27. The Balaban J connectivity index is 1.20. The Kier molecular flexibility index (Phi) is 14.9. The quantitative estimate of drug-likeness (QED) is 0.0741. The lowest BCUT2D eigenvalue weighted by Crippen LogP contribution is -2.50. The average molecular weight is 960 g/mol. The molecular formula is C48H57N13O9. The van der Waals surface area contributed by atoms with E-state index in [2.05, 4.69) is 42.6 Å². The molecule has 22 nitrogen and oxygen atoms in total. The van der Waals surface area contributed by atoms with Crippen molar-refractivity contribution in [2.75, 3.05) is 57.1 Å². The van der Waals surface area contributed by atoms with Crippen LogP contribution < -0.4 is 25.8 Å².